The second-order valence-corrected chi connectivity index (χ2v) is 6.91. The molecule has 0 bridgehead atoms. The molecule has 2 heterocycles. The lowest BCUT2D eigenvalue weighted by Crippen LogP contribution is -2.50. The van der Waals surface area contributed by atoms with E-state index in [9.17, 15) is 9.59 Å². The lowest BCUT2D eigenvalue weighted by molar-refractivity contribution is -0.133. The Hall–Kier alpha value is -2.15. The number of hydrogen-bond donors (Lipinski definition) is 2. The fourth-order valence-corrected chi connectivity index (χ4v) is 4.10. The summed E-state index contributed by atoms with van der Waals surface area (Å²) >= 11 is 1.74. The predicted octanol–water partition coefficient (Wildman–Crippen LogP) is 2.06. The van der Waals surface area contributed by atoms with Gasteiger partial charge in [0.2, 0.25) is 5.91 Å². The fraction of sp³-hybridized carbons (Fsp3) is 0.438. The van der Waals surface area contributed by atoms with Crippen molar-refractivity contribution in [2.24, 2.45) is 5.73 Å². The topological polar surface area (TPSA) is 88.3 Å². The molecule has 7 heteroatoms. The first kappa shape index (κ1) is 15.7. The number of nitrogens with zero attached hydrogens (tertiary/aromatic N) is 2. The zero-order chi connectivity index (χ0) is 16.4. The highest BCUT2D eigenvalue weighted by atomic mass is 32.1. The first-order valence-corrected chi connectivity index (χ1v) is 8.56. The van der Waals surface area contributed by atoms with E-state index < -0.39 is 12.1 Å². The van der Waals surface area contributed by atoms with Crippen molar-refractivity contribution in [3.8, 4) is 0 Å². The number of aromatic nitrogens is 1. The van der Waals surface area contributed by atoms with E-state index in [0.29, 0.717) is 19.0 Å². The second kappa shape index (κ2) is 6.54. The lowest BCUT2D eigenvalue weighted by Gasteiger charge is -2.32. The number of likely N-dealkylation sites (tertiary alicyclic amines) is 1. The van der Waals surface area contributed by atoms with Crippen LogP contribution in [0.1, 0.15) is 30.7 Å². The van der Waals surface area contributed by atoms with E-state index in [2.05, 4.69) is 11.4 Å². The molecule has 6 nitrogen and oxygen atoms in total. The highest BCUT2D eigenvalue weighted by molar-refractivity contribution is 7.18. The molecule has 2 aromatic rings. The van der Waals surface area contributed by atoms with Gasteiger partial charge >= 0.3 is 6.03 Å². The van der Waals surface area contributed by atoms with Crippen molar-refractivity contribution in [3.05, 3.63) is 29.3 Å². The Morgan fingerprint density at radius 2 is 2.04 bits per heavy atom. The normalized spacial score (nSPS) is 17.2. The van der Waals surface area contributed by atoms with Gasteiger partial charge in [-0.3, -0.25) is 4.79 Å². The molecule has 122 valence electrons. The van der Waals surface area contributed by atoms with Gasteiger partial charge in [0.15, 0.2) is 0 Å². The van der Waals surface area contributed by atoms with Crippen molar-refractivity contribution in [1.82, 2.24) is 15.2 Å². The Morgan fingerprint density at radius 3 is 2.70 bits per heavy atom. The summed E-state index contributed by atoms with van der Waals surface area (Å²) in [6.07, 6.45) is 1.80. The van der Waals surface area contributed by atoms with Gasteiger partial charge in [0, 0.05) is 19.0 Å². The monoisotopic (exact) mass is 332 g/mol. The summed E-state index contributed by atoms with van der Waals surface area (Å²) in [5, 5.41) is 3.59. The van der Waals surface area contributed by atoms with Gasteiger partial charge in [-0.05, 0) is 31.9 Å². The highest BCUT2D eigenvalue weighted by Crippen LogP contribution is 2.33. The fourth-order valence-electron chi connectivity index (χ4n) is 2.96. The molecule has 3 N–H and O–H groups in total. The van der Waals surface area contributed by atoms with Crippen molar-refractivity contribution in [2.75, 3.05) is 13.1 Å². The smallest absolute Gasteiger partial charge is 0.312 e. The Bertz CT molecular complexity index is 689. The maximum Gasteiger partial charge on any atom is 0.312 e. The Balaban J connectivity index is 1.61. The number of thiazole rings is 1. The van der Waals surface area contributed by atoms with Gasteiger partial charge in [-0.2, -0.15) is 0 Å². The maximum absolute atomic E-state index is 12.3. The maximum atomic E-state index is 12.3. The quantitative estimate of drug-likeness (QED) is 0.902. The van der Waals surface area contributed by atoms with E-state index in [1.54, 1.807) is 23.2 Å². The summed E-state index contributed by atoms with van der Waals surface area (Å²) in [4.78, 5) is 29.6. The number of para-hydroxylation sites is 1. The van der Waals surface area contributed by atoms with Crippen LogP contribution in [0, 0.1) is 0 Å². The zero-order valence-corrected chi connectivity index (χ0v) is 13.8. The third kappa shape index (κ3) is 3.44. The molecule has 1 unspecified atom stereocenters. The van der Waals surface area contributed by atoms with E-state index in [1.807, 2.05) is 18.2 Å². The number of carbonyl (C=O) groups excluding carboxylic acids is 2. The van der Waals surface area contributed by atoms with E-state index in [-0.39, 0.29) is 5.91 Å². The van der Waals surface area contributed by atoms with Gasteiger partial charge in [-0.15, -0.1) is 11.3 Å². The van der Waals surface area contributed by atoms with Crippen molar-refractivity contribution < 1.29 is 9.59 Å². The van der Waals surface area contributed by atoms with Gasteiger partial charge in [0.05, 0.1) is 15.2 Å². The average molecular weight is 332 g/mol. The predicted molar refractivity (Wildman–Crippen MR) is 90.4 cm³/mol. The number of primary amides is 1. The van der Waals surface area contributed by atoms with Gasteiger partial charge in [0.1, 0.15) is 6.04 Å². The van der Waals surface area contributed by atoms with Crippen LogP contribution in [0.3, 0.4) is 0 Å². The third-order valence-electron chi connectivity index (χ3n) is 4.20. The van der Waals surface area contributed by atoms with Crippen LogP contribution in [-0.2, 0) is 4.79 Å². The summed E-state index contributed by atoms with van der Waals surface area (Å²) < 4.78 is 1.21. The molecule has 1 aliphatic rings. The molecule has 1 fully saturated rings. The van der Waals surface area contributed by atoms with Crippen molar-refractivity contribution in [1.29, 1.82) is 0 Å². The molecule has 0 spiro atoms. The van der Waals surface area contributed by atoms with Crippen LogP contribution in [0.5, 0.6) is 0 Å². The summed E-state index contributed by atoms with van der Waals surface area (Å²) in [7, 11) is 0. The van der Waals surface area contributed by atoms with Crippen LogP contribution < -0.4 is 11.1 Å². The van der Waals surface area contributed by atoms with Crippen LogP contribution in [0.15, 0.2) is 24.3 Å². The number of fused-ring (bicyclic) bond motifs is 1. The molecule has 0 aliphatic carbocycles. The number of nitrogens with two attached hydrogens (primary N) is 1. The van der Waals surface area contributed by atoms with Crippen molar-refractivity contribution in [2.45, 2.75) is 31.7 Å². The summed E-state index contributed by atoms with van der Waals surface area (Å²) in [5.74, 6) is 0.322. The molecule has 1 atom stereocenters. The van der Waals surface area contributed by atoms with Crippen molar-refractivity contribution >= 4 is 33.5 Å². The standard InChI is InChI=1S/C16H20N4O2S/c1-10(18-16(17)22)15(21)20-8-6-11(7-9-20)14-19-12-4-2-3-5-13(12)23-14/h2-5,10-11H,6-9H2,1H3,(H3,17,18,22). The minimum atomic E-state index is -0.671. The SMILES string of the molecule is CC(NC(N)=O)C(=O)N1CCC(c2nc3ccccc3s2)CC1. The third-order valence-corrected chi connectivity index (χ3v) is 5.39. The number of urea groups is 1. The van der Waals surface area contributed by atoms with E-state index >= 15 is 0 Å². The number of benzene rings is 1. The zero-order valence-electron chi connectivity index (χ0n) is 13.0. The van der Waals surface area contributed by atoms with Crippen LogP contribution in [0.2, 0.25) is 0 Å². The molecule has 1 aliphatic heterocycles. The number of amides is 3. The average Bonchev–Trinajstić information content (AvgIpc) is 2.97. The highest BCUT2D eigenvalue weighted by Gasteiger charge is 2.28. The van der Waals surface area contributed by atoms with Gasteiger partial charge in [0.25, 0.3) is 0 Å². The Labute approximate surface area is 138 Å². The summed E-state index contributed by atoms with van der Waals surface area (Å²) in [6, 6.07) is 6.90. The number of nitrogens with one attached hydrogen (secondary N) is 1. The number of hydrogen-bond acceptors (Lipinski definition) is 4. The number of piperidine rings is 1. The molecule has 0 saturated carbocycles. The van der Waals surface area contributed by atoms with E-state index in [1.165, 1.54) is 4.70 Å². The lowest BCUT2D eigenvalue weighted by atomic mass is 9.97. The van der Waals surface area contributed by atoms with Gasteiger partial charge in [-0.25, -0.2) is 9.78 Å². The Morgan fingerprint density at radius 1 is 1.35 bits per heavy atom. The van der Waals surface area contributed by atoms with E-state index in [0.717, 1.165) is 23.4 Å². The summed E-state index contributed by atoms with van der Waals surface area (Å²) in [6.45, 7) is 3.03. The molecule has 0 radical (unpaired) electrons. The van der Waals surface area contributed by atoms with E-state index in [4.69, 9.17) is 10.7 Å². The van der Waals surface area contributed by atoms with Gasteiger partial charge < -0.3 is 16.0 Å². The largest absolute Gasteiger partial charge is 0.352 e. The molecule has 23 heavy (non-hydrogen) atoms. The van der Waals surface area contributed by atoms with Crippen molar-refractivity contribution in [3.63, 3.8) is 0 Å². The minimum absolute atomic E-state index is 0.0773. The van der Waals surface area contributed by atoms with Gasteiger partial charge in [-0.1, -0.05) is 12.1 Å². The van der Waals surface area contributed by atoms with Crippen LogP contribution >= 0.6 is 11.3 Å². The van der Waals surface area contributed by atoms with Crippen LogP contribution in [0.4, 0.5) is 4.79 Å². The number of rotatable bonds is 3. The van der Waals surface area contributed by atoms with Crippen LogP contribution in [-0.4, -0.2) is 41.0 Å². The molecular formula is C16H20N4O2S. The summed E-state index contributed by atoms with van der Waals surface area (Å²) in [5.41, 5.74) is 6.11. The molecule has 1 saturated heterocycles. The second-order valence-electron chi connectivity index (χ2n) is 5.85. The van der Waals surface area contributed by atoms with Crippen LogP contribution in [0.25, 0.3) is 10.2 Å². The Kier molecular flexibility index (Phi) is 4.47. The minimum Gasteiger partial charge on any atom is -0.352 e. The molecule has 1 aromatic carbocycles. The molecule has 3 amide bonds. The number of carbonyl (C=O) groups is 2. The molecular weight excluding hydrogens is 312 g/mol. The molecule has 1 aromatic heterocycles. The molecule has 3 rings (SSSR count). The first-order chi connectivity index (χ1) is 11.0. The first-order valence-electron chi connectivity index (χ1n) is 7.75.